The Labute approximate surface area is 166 Å². The minimum Gasteiger partial charge on any atom is -0.491 e. The lowest BCUT2D eigenvalue weighted by Crippen LogP contribution is -2.37. The van der Waals surface area contributed by atoms with Crippen molar-refractivity contribution < 1.29 is 17.9 Å². The van der Waals surface area contributed by atoms with Crippen LogP contribution in [0, 0.1) is 6.92 Å². The third-order valence-corrected chi connectivity index (χ3v) is 6.65. The lowest BCUT2D eigenvalue weighted by molar-refractivity contribution is 0.0926. The van der Waals surface area contributed by atoms with E-state index in [4.69, 9.17) is 4.74 Å². The fourth-order valence-electron chi connectivity index (χ4n) is 3.16. The topological polar surface area (TPSA) is 75.7 Å². The second-order valence-corrected chi connectivity index (χ2v) is 9.03. The maximum absolute atomic E-state index is 12.7. The van der Waals surface area contributed by atoms with E-state index in [-0.39, 0.29) is 16.8 Å². The Morgan fingerprint density at radius 3 is 2.57 bits per heavy atom. The Hall–Kier alpha value is -2.38. The molecule has 1 amide bonds. The number of carbonyl (C=O) groups is 1. The molecule has 0 saturated carbocycles. The summed E-state index contributed by atoms with van der Waals surface area (Å²) >= 11 is 0. The molecule has 1 unspecified atom stereocenters. The maximum Gasteiger partial charge on any atom is 0.251 e. The summed E-state index contributed by atoms with van der Waals surface area (Å²) in [5.41, 5.74) is 1.35. The van der Waals surface area contributed by atoms with Crippen LogP contribution in [0.4, 0.5) is 0 Å². The number of ether oxygens (including phenoxy) is 1. The molecule has 1 atom stereocenters. The number of hydrogen-bond acceptors (Lipinski definition) is 4. The van der Waals surface area contributed by atoms with E-state index in [0.29, 0.717) is 25.3 Å². The molecule has 0 spiro atoms. The Morgan fingerprint density at radius 1 is 1.14 bits per heavy atom. The van der Waals surface area contributed by atoms with Gasteiger partial charge in [-0.1, -0.05) is 24.3 Å². The molecule has 150 valence electrons. The van der Waals surface area contributed by atoms with Gasteiger partial charge in [-0.05, 0) is 56.5 Å². The highest BCUT2D eigenvalue weighted by Crippen LogP contribution is 2.21. The van der Waals surface area contributed by atoms with Gasteiger partial charge in [0, 0.05) is 18.7 Å². The summed E-state index contributed by atoms with van der Waals surface area (Å²) in [6, 6.07) is 13.7. The number of carbonyl (C=O) groups excluding carboxylic acids is 1. The van der Waals surface area contributed by atoms with Crippen molar-refractivity contribution in [3.63, 3.8) is 0 Å². The van der Waals surface area contributed by atoms with E-state index in [1.54, 1.807) is 12.1 Å². The largest absolute Gasteiger partial charge is 0.491 e. The predicted molar refractivity (Wildman–Crippen MR) is 108 cm³/mol. The van der Waals surface area contributed by atoms with Crippen molar-refractivity contribution in [2.75, 3.05) is 19.7 Å². The van der Waals surface area contributed by atoms with Crippen LogP contribution in [0.5, 0.6) is 5.75 Å². The highest BCUT2D eigenvalue weighted by Gasteiger charge is 2.27. The number of amides is 1. The van der Waals surface area contributed by atoms with Crippen LogP contribution in [-0.2, 0) is 10.0 Å². The Morgan fingerprint density at radius 2 is 1.86 bits per heavy atom. The summed E-state index contributed by atoms with van der Waals surface area (Å²) in [7, 11) is -3.55. The first-order chi connectivity index (χ1) is 13.4. The molecule has 1 saturated heterocycles. The second-order valence-electron chi connectivity index (χ2n) is 7.09. The first-order valence-corrected chi connectivity index (χ1v) is 10.9. The monoisotopic (exact) mass is 402 g/mol. The SMILES string of the molecule is Cc1ccccc1OCC(C)NC(=O)c1cccc(S(=O)(=O)N2CCCC2)c1. The van der Waals surface area contributed by atoms with Gasteiger partial charge in [-0.2, -0.15) is 4.31 Å². The molecule has 1 N–H and O–H groups in total. The van der Waals surface area contributed by atoms with Gasteiger partial charge in [0.05, 0.1) is 10.9 Å². The molecular weight excluding hydrogens is 376 g/mol. The van der Waals surface area contributed by atoms with E-state index in [2.05, 4.69) is 5.32 Å². The fourth-order valence-corrected chi connectivity index (χ4v) is 4.72. The predicted octanol–water partition coefficient (Wildman–Crippen LogP) is 2.98. The van der Waals surface area contributed by atoms with Gasteiger partial charge >= 0.3 is 0 Å². The highest BCUT2D eigenvalue weighted by atomic mass is 32.2. The summed E-state index contributed by atoms with van der Waals surface area (Å²) in [6.07, 6.45) is 1.75. The third-order valence-electron chi connectivity index (χ3n) is 4.76. The van der Waals surface area contributed by atoms with Gasteiger partial charge in [-0.25, -0.2) is 8.42 Å². The summed E-state index contributed by atoms with van der Waals surface area (Å²) in [5, 5.41) is 2.86. The lowest BCUT2D eigenvalue weighted by atomic mass is 10.2. The Balaban J connectivity index is 1.63. The Bertz CT molecular complexity index is 937. The third kappa shape index (κ3) is 4.72. The van der Waals surface area contributed by atoms with Gasteiger partial charge in [-0.15, -0.1) is 0 Å². The van der Waals surface area contributed by atoms with Crippen molar-refractivity contribution in [1.29, 1.82) is 0 Å². The number of sulfonamides is 1. The van der Waals surface area contributed by atoms with Crippen molar-refractivity contribution >= 4 is 15.9 Å². The summed E-state index contributed by atoms with van der Waals surface area (Å²) in [6.45, 7) is 5.20. The fraction of sp³-hybridized carbons (Fsp3) is 0.381. The molecule has 1 heterocycles. The first kappa shape index (κ1) is 20.4. The zero-order chi connectivity index (χ0) is 20.1. The number of rotatable bonds is 7. The number of nitrogens with zero attached hydrogens (tertiary/aromatic N) is 1. The van der Waals surface area contributed by atoms with E-state index in [0.717, 1.165) is 24.2 Å². The molecule has 1 fully saturated rings. The van der Waals surface area contributed by atoms with Crippen molar-refractivity contribution in [3.05, 3.63) is 59.7 Å². The number of hydrogen-bond donors (Lipinski definition) is 1. The van der Waals surface area contributed by atoms with Crippen LogP contribution in [0.2, 0.25) is 0 Å². The van der Waals surface area contributed by atoms with Crippen molar-refractivity contribution in [2.45, 2.75) is 37.6 Å². The van der Waals surface area contributed by atoms with E-state index in [1.165, 1.54) is 16.4 Å². The molecular formula is C21H26N2O4S. The molecule has 0 aromatic heterocycles. The molecule has 0 aliphatic carbocycles. The van der Waals surface area contributed by atoms with Crippen LogP contribution >= 0.6 is 0 Å². The molecule has 7 heteroatoms. The molecule has 0 radical (unpaired) electrons. The van der Waals surface area contributed by atoms with E-state index in [9.17, 15) is 13.2 Å². The average molecular weight is 403 g/mol. The van der Waals surface area contributed by atoms with Gasteiger partial charge in [0.15, 0.2) is 0 Å². The molecule has 2 aromatic carbocycles. The van der Waals surface area contributed by atoms with Gasteiger partial charge in [0.25, 0.3) is 5.91 Å². The summed E-state index contributed by atoms with van der Waals surface area (Å²) in [4.78, 5) is 12.7. The van der Waals surface area contributed by atoms with Gasteiger partial charge in [0.2, 0.25) is 10.0 Å². The first-order valence-electron chi connectivity index (χ1n) is 9.47. The van der Waals surface area contributed by atoms with Crippen LogP contribution in [0.15, 0.2) is 53.4 Å². The Kier molecular flexibility index (Phi) is 6.36. The number of para-hydroxylation sites is 1. The zero-order valence-electron chi connectivity index (χ0n) is 16.2. The minimum absolute atomic E-state index is 0.158. The van der Waals surface area contributed by atoms with Crippen LogP contribution in [0.25, 0.3) is 0 Å². The second kappa shape index (κ2) is 8.75. The van der Waals surface area contributed by atoms with E-state index < -0.39 is 10.0 Å². The maximum atomic E-state index is 12.7. The van der Waals surface area contributed by atoms with Crippen molar-refractivity contribution in [1.82, 2.24) is 9.62 Å². The normalized spacial score (nSPS) is 15.9. The van der Waals surface area contributed by atoms with Crippen LogP contribution < -0.4 is 10.1 Å². The quantitative estimate of drug-likeness (QED) is 0.773. The molecule has 1 aliphatic rings. The molecule has 28 heavy (non-hydrogen) atoms. The lowest BCUT2D eigenvalue weighted by Gasteiger charge is -2.17. The average Bonchev–Trinajstić information content (AvgIpc) is 3.23. The number of aryl methyl sites for hydroxylation is 1. The molecule has 1 aliphatic heterocycles. The van der Waals surface area contributed by atoms with Crippen LogP contribution in [0.1, 0.15) is 35.7 Å². The number of nitrogens with one attached hydrogen (secondary N) is 1. The summed E-state index contributed by atoms with van der Waals surface area (Å²) < 4.78 is 32.6. The molecule has 3 rings (SSSR count). The zero-order valence-corrected chi connectivity index (χ0v) is 17.0. The van der Waals surface area contributed by atoms with Crippen molar-refractivity contribution in [2.24, 2.45) is 0 Å². The van der Waals surface area contributed by atoms with E-state index in [1.807, 2.05) is 38.1 Å². The van der Waals surface area contributed by atoms with E-state index >= 15 is 0 Å². The molecule has 2 aromatic rings. The number of benzene rings is 2. The van der Waals surface area contributed by atoms with Crippen LogP contribution in [0.3, 0.4) is 0 Å². The standard InChI is InChI=1S/C21H26N2O4S/c1-16-8-3-4-11-20(16)27-15-17(2)22-21(24)18-9-7-10-19(14-18)28(25,26)23-12-5-6-13-23/h3-4,7-11,14,17H,5-6,12-13,15H2,1-2H3,(H,22,24). The minimum atomic E-state index is -3.55. The smallest absolute Gasteiger partial charge is 0.251 e. The highest BCUT2D eigenvalue weighted by molar-refractivity contribution is 7.89. The van der Waals surface area contributed by atoms with Gasteiger partial charge in [0.1, 0.15) is 12.4 Å². The van der Waals surface area contributed by atoms with Gasteiger partial charge < -0.3 is 10.1 Å². The van der Waals surface area contributed by atoms with Crippen molar-refractivity contribution in [3.8, 4) is 5.75 Å². The van der Waals surface area contributed by atoms with Gasteiger partial charge in [-0.3, -0.25) is 4.79 Å². The van der Waals surface area contributed by atoms with Crippen LogP contribution in [-0.4, -0.2) is 44.4 Å². The molecule has 6 nitrogen and oxygen atoms in total. The molecule has 0 bridgehead atoms. The summed E-state index contributed by atoms with van der Waals surface area (Å²) in [5.74, 6) is 0.460.